The molecule has 1 heterocycles. The van der Waals surface area contributed by atoms with Crippen LogP contribution < -0.4 is 15.4 Å². The van der Waals surface area contributed by atoms with E-state index in [1.165, 1.54) is 12.8 Å². The molecule has 7 nitrogen and oxygen atoms in total. The van der Waals surface area contributed by atoms with Gasteiger partial charge in [-0.05, 0) is 58.4 Å². The number of likely N-dealkylation sites (tertiary alicyclic amines) is 1. The molecule has 0 aromatic heterocycles. The fourth-order valence-corrected chi connectivity index (χ4v) is 4.03. The van der Waals surface area contributed by atoms with Gasteiger partial charge in [-0.25, -0.2) is 9.79 Å². The standard InChI is InChI=1S/C23H36N4O3/c1-3-24-22(26-19-13-15-27(16-14-19)23(28)29-4-2)25-17-18-9-5-8-12-21(18)30-20-10-6-7-11-20/h5,8-9,12,19-20H,3-4,6-7,10-11,13-17H2,1-2H3,(H2,24,25,26). The van der Waals surface area contributed by atoms with Crippen LogP contribution in [-0.4, -0.2) is 55.3 Å². The maximum Gasteiger partial charge on any atom is 0.409 e. The van der Waals surface area contributed by atoms with Gasteiger partial charge in [0.25, 0.3) is 0 Å². The third-order valence-corrected chi connectivity index (χ3v) is 5.68. The Morgan fingerprint density at radius 2 is 1.87 bits per heavy atom. The lowest BCUT2D eigenvalue weighted by Gasteiger charge is -2.32. The predicted octanol–water partition coefficient (Wildman–Crippen LogP) is 3.68. The molecule has 1 aromatic rings. The highest BCUT2D eigenvalue weighted by atomic mass is 16.6. The van der Waals surface area contributed by atoms with Crippen LogP contribution in [0.2, 0.25) is 0 Å². The maximum atomic E-state index is 11.9. The molecule has 30 heavy (non-hydrogen) atoms. The minimum Gasteiger partial charge on any atom is -0.490 e. The first-order chi connectivity index (χ1) is 14.7. The highest BCUT2D eigenvalue weighted by Crippen LogP contribution is 2.27. The maximum absolute atomic E-state index is 11.9. The fraction of sp³-hybridized carbons (Fsp3) is 0.652. The molecule has 2 fully saturated rings. The number of benzene rings is 1. The van der Waals surface area contributed by atoms with Gasteiger partial charge in [-0.2, -0.15) is 0 Å². The Balaban J connectivity index is 1.56. The number of amides is 1. The van der Waals surface area contributed by atoms with Crippen LogP contribution in [-0.2, 0) is 11.3 Å². The summed E-state index contributed by atoms with van der Waals surface area (Å²) in [5.74, 6) is 1.76. The first-order valence-electron chi connectivity index (χ1n) is 11.4. The van der Waals surface area contributed by atoms with Gasteiger partial charge in [0.15, 0.2) is 5.96 Å². The molecule has 0 spiro atoms. The Labute approximate surface area is 180 Å². The Kier molecular flexibility index (Phi) is 8.66. The minimum atomic E-state index is -0.213. The molecule has 0 bridgehead atoms. The molecule has 1 aromatic carbocycles. The molecule has 1 aliphatic heterocycles. The van der Waals surface area contributed by atoms with E-state index in [1.807, 2.05) is 19.1 Å². The number of ether oxygens (including phenoxy) is 2. The molecule has 166 valence electrons. The van der Waals surface area contributed by atoms with Gasteiger partial charge in [-0.1, -0.05) is 18.2 Å². The zero-order chi connectivity index (χ0) is 21.2. The van der Waals surface area contributed by atoms with E-state index in [0.29, 0.717) is 38.4 Å². The van der Waals surface area contributed by atoms with Crippen molar-refractivity contribution in [3.63, 3.8) is 0 Å². The van der Waals surface area contributed by atoms with Crippen molar-refractivity contribution in [2.24, 2.45) is 4.99 Å². The highest BCUT2D eigenvalue weighted by Gasteiger charge is 2.24. The van der Waals surface area contributed by atoms with Crippen LogP contribution in [0, 0.1) is 0 Å². The highest BCUT2D eigenvalue weighted by molar-refractivity contribution is 5.80. The number of aliphatic imine (C=N–C) groups is 1. The summed E-state index contributed by atoms with van der Waals surface area (Å²) in [4.78, 5) is 18.5. The Hall–Kier alpha value is -2.44. The molecule has 0 radical (unpaired) electrons. The normalized spacial score (nSPS) is 18.3. The second-order valence-corrected chi connectivity index (χ2v) is 7.93. The molecule has 1 saturated heterocycles. The molecule has 1 amide bonds. The molecule has 2 aliphatic rings. The molecule has 1 aliphatic carbocycles. The van der Waals surface area contributed by atoms with Crippen molar-refractivity contribution in [2.75, 3.05) is 26.2 Å². The van der Waals surface area contributed by atoms with E-state index in [9.17, 15) is 4.79 Å². The number of nitrogens with one attached hydrogen (secondary N) is 2. The zero-order valence-corrected chi connectivity index (χ0v) is 18.4. The van der Waals surface area contributed by atoms with Crippen molar-refractivity contribution >= 4 is 12.1 Å². The summed E-state index contributed by atoms with van der Waals surface area (Å²) in [6.07, 6.45) is 6.69. The van der Waals surface area contributed by atoms with Gasteiger partial charge in [-0.3, -0.25) is 0 Å². The zero-order valence-electron chi connectivity index (χ0n) is 18.4. The Morgan fingerprint density at radius 1 is 1.13 bits per heavy atom. The number of carbonyl (C=O) groups is 1. The topological polar surface area (TPSA) is 75.2 Å². The fourth-order valence-electron chi connectivity index (χ4n) is 4.03. The summed E-state index contributed by atoms with van der Waals surface area (Å²) in [7, 11) is 0. The summed E-state index contributed by atoms with van der Waals surface area (Å²) in [6, 6.07) is 8.50. The van der Waals surface area contributed by atoms with Crippen LogP contribution in [0.25, 0.3) is 0 Å². The second-order valence-electron chi connectivity index (χ2n) is 7.93. The van der Waals surface area contributed by atoms with Gasteiger partial charge in [0.1, 0.15) is 5.75 Å². The summed E-state index contributed by atoms with van der Waals surface area (Å²) < 4.78 is 11.3. The molecule has 1 saturated carbocycles. The largest absolute Gasteiger partial charge is 0.490 e. The summed E-state index contributed by atoms with van der Waals surface area (Å²) in [5, 5.41) is 6.87. The van der Waals surface area contributed by atoms with Crippen molar-refractivity contribution in [3.05, 3.63) is 29.8 Å². The smallest absolute Gasteiger partial charge is 0.409 e. The van der Waals surface area contributed by atoms with E-state index in [0.717, 1.165) is 49.5 Å². The van der Waals surface area contributed by atoms with E-state index >= 15 is 0 Å². The number of hydrogen-bond acceptors (Lipinski definition) is 4. The average Bonchev–Trinajstić information content (AvgIpc) is 3.27. The van der Waals surface area contributed by atoms with Crippen LogP contribution in [0.1, 0.15) is 57.9 Å². The lowest BCUT2D eigenvalue weighted by molar-refractivity contribution is 0.0963. The molecule has 7 heteroatoms. The van der Waals surface area contributed by atoms with Gasteiger partial charge in [-0.15, -0.1) is 0 Å². The molecule has 0 unspecified atom stereocenters. The van der Waals surface area contributed by atoms with Crippen molar-refractivity contribution in [2.45, 2.75) is 71.1 Å². The van der Waals surface area contributed by atoms with Gasteiger partial charge >= 0.3 is 6.09 Å². The van der Waals surface area contributed by atoms with E-state index in [-0.39, 0.29) is 6.09 Å². The number of guanidine groups is 1. The average molecular weight is 417 g/mol. The van der Waals surface area contributed by atoms with E-state index in [1.54, 1.807) is 4.90 Å². The molecular weight excluding hydrogens is 380 g/mol. The van der Waals surface area contributed by atoms with Gasteiger partial charge < -0.3 is 25.0 Å². The van der Waals surface area contributed by atoms with Crippen LogP contribution in [0.5, 0.6) is 5.75 Å². The third kappa shape index (κ3) is 6.54. The van der Waals surface area contributed by atoms with Crippen molar-refractivity contribution in [1.29, 1.82) is 0 Å². The summed E-state index contributed by atoms with van der Waals surface area (Å²) in [5.41, 5.74) is 1.11. The van der Waals surface area contributed by atoms with Crippen LogP contribution >= 0.6 is 0 Å². The summed E-state index contributed by atoms with van der Waals surface area (Å²) >= 11 is 0. The SMILES string of the molecule is CCNC(=NCc1ccccc1OC1CCCC1)NC1CCN(C(=O)OCC)CC1. The lowest BCUT2D eigenvalue weighted by atomic mass is 10.1. The number of piperidine rings is 1. The number of nitrogens with zero attached hydrogens (tertiary/aromatic N) is 2. The second kappa shape index (κ2) is 11.7. The third-order valence-electron chi connectivity index (χ3n) is 5.68. The van der Waals surface area contributed by atoms with Crippen molar-refractivity contribution in [1.82, 2.24) is 15.5 Å². The molecular formula is C23H36N4O3. The van der Waals surface area contributed by atoms with Crippen LogP contribution in [0.4, 0.5) is 4.79 Å². The quantitative estimate of drug-likeness (QED) is 0.524. The van der Waals surface area contributed by atoms with Crippen LogP contribution in [0.15, 0.2) is 29.3 Å². The van der Waals surface area contributed by atoms with Crippen molar-refractivity contribution < 1.29 is 14.3 Å². The van der Waals surface area contributed by atoms with Gasteiger partial charge in [0.2, 0.25) is 0 Å². The number of hydrogen-bond donors (Lipinski definition) is 2. The van der Waals surface area contributed by atoms with Gasteiger partial charge in [0.05, 0.1) is 19.3 Å². The lowest BCUT2D eigenvalue weighted by Crippen LogP contribution is -2.49. The Morgan fingerprint density at radius 3 is 2.57 bits per heavy atom. The number of carbonyl (C=O) groups excluding carboxylic acids is 1. The minimum absolute atomic E-state index is 0.213. The monoisotopic (exact) mass is 416 g/mol. The Bertz CT molecular complexity index is 695. The first-order valence-corrected chi connectivity index (χ1v) is 11.4. The predicted molar refractivity (Wildman–Crippen MR) is 119 cm³/mol. The molecule has 0 atom stereocenters. The number of rotatable bonds is 7. The van der Waals surface area contributed by atoms with E-state index in [2.05, 4.69) is 29.7 Å². The van der Waals surface area contributed by atoms with Gasteiger partial charge in [0, 0.05) is 31.2 Å². The number of para-hydroxylation sites is 1. The van der Waals surface area contributed by atoms with Crippen LogP contribution in [0.3, 0.4) is 0 Å². The van der Waals surface area contributed by atoms with Crippen molar-refractivity contribution in [3.8, 4) is 5.75 Å². The molecule has 3 rings (SSSR count). The first kappa shape index (κ1) is 22.2. The van der Waals surface area contributed by atoms with E-state index < -0.39 is 0 Å². The summed E-state index contributed by atoms with van der Waals surface area (Å²) in [6.45, 7) is 7.09. The van der Waals surface area contributed by atoms with E-state index in [4.69, 9.17) is 14.5 Å². The molecule has 2 N–H and O–H groups in total.